The second kappa shape index (κ2) is 4.50. The van der Waals surface area contributed by atoms with Crippen LogP contribution >= 0.6 is 15.9 Å². The molecule has 1 aromatic carbocycles. The Hall–Kier alpha value is -0.370. The fraction of sp³-hybridized carbons (Fsp3) is 0.333. The van der Waals surface area contributed by atoms with E-state index in [-0.39, 0.29) is 0 Å². The number of rotatable bonds is 3. The van der Waals surface area contributed by atoms with Gasteiger partial charge in [0.2, 0.25) is 0 Å². The van der Waals surface area contributed by atoms with Gasteiger partial charge in [0.25, 0.3) is 0 Å². The molecule has 0 aromatic heterocycles. The van der Waals surface area contributed by atoms with E-state index >= 15 is 0 Å². The largest absolute Gasteiger partial charge is 0.246 e. The minimum atomic E-state index is -0.766. The van der Waals surface area contributed by atoms with E-state index in [1.165, 1.54) is 0 Å². The second-order valence-corrected chi connectivity index (χ2v) is 3.09. The van der Waals surface area contributed by atoms with Gasteiger partial charge in [0.1, 0.15) is 6.17 Å². The van der Waals surface area contributed by atoms with Crippen LogP contribution < -0.4 is 0 Å². The Morgan fingerprint density at radius 2 is 1.91 bits per heavy atom. The molecule has 2 heteroatoms. The normalized spacial score (nSPS) is 12.9. The molecule has 0 heterocycles. The van der Waals surface area contributed by atoms with Crippen molar-refractivity contribution in [2.24, 2.45) is 0 Å². The van der Waals surface area contributed by atoms with Crippen LogP contribution in [0.4, 0.5) is 4.39 Å². The summed E-state index contributed by atoms with van der Waals surface area (Å²) >= 11 is 3.10. The smallest absolute Gasteiger partial charge is 0.114 e. The molecule has 0 aliphatic rings. The molecule has 0 saturated carbocycles. The highest BCUT2D eigenvalue weighted by atomic mass is 79.9. The van der Waals surface area contributed by atoms with Crippen LogP contribution in [0.2, 0.25) is 0 Å². The number of hydrogen-bond acceptors (Lipinski definition) is 0. The third kappa shape index (κ3) is 3.02. The Morgan fingerprint density at radius 1 is 1.27 bits per heavy atom. The average molecular weight is 217 g/mol. The highest BCUT2D eigenvalue weighted by Gasteiger charge is 2.03. The van der Waals surface area contributed by atoms with Gasteiger partial charge in [-0.1, -0.05) is 46.3 Å². The zero-order chi connectivity index (χ0) is 8.10. The van der Waals surface area contributed by atoms with Crippen molar-refractivity contribution < 1.29 is 4.39 Å². The van der Waals surface area contributed by atoms with Gasteiger partial charge in [-0.05, 0) is 5.56 Å². The van der Waals surface area contributed by atoms with Crippen LogP contribution in [-0.4, -0.2) is 11.5 Å². The van der Waals surface area contributed by atoms with Gasteiger partial charge in [-0.3, -0.25) is 0 Å². The summed E-state index contributed by atoms with van der Waals surface area (Å²) in [6, 6.07) is 9.67. The molecule has 1 aromatic rings. The first-order chi connectivity index (χ1) is 5.33. The molecule has 0 aliphatic heterocycles. The molecule has 0 radical (unpaired) electrons. The van der Waals surface area contributed by atoms with Gasteiger partial charge in [0.15, 0.2) is 0 Å². The quantitative estimate of drug-likeness (QED) is 0.682. The number of hydrogen-bond donors (Lipinski definition) is 0. The lowest BCUT2D eigenvalue weighted by Gasteiger charge is -2.02. The van der Waals surface area contributed by atoms with Crippen molar-refractivity contribution in [3.8, 4) is 0 Å². The number of benzene rings is 1. The molecule has 0 amide bonds. The summed E-state index contributed by atoms with van der Waals surface area (Å²) in [5.74, 6) is 0. The van der Waals surface area contributed by atoms with Crippen molar-refractivity contribution in [3.63, 3.8) is 0 Å². The second-order valence-electron chi connectivity index (χ2n) is 2.44. The minimum absolute atomic E-state index is 0.419. The summed E-state index contributed by atoms with van der Waals surface area (Å²) in [4.78, 5) is 0. The van der Waals surface area contributed by atoms with E-state index in [9.17, 15) is 4.39 Å². The van der Waals surface area contributed by atoms with Gasteiger partial charge >= 0.3 is 0 Å². The van der Waals surface area contributed by atoms with E-state index in [4.69, 9.17) is 0 Å². The van der Waals surface area contributed by atoms with Crippen molar-refractivity contribution in [1.82, 2.24) is 0 Å². The van der Waals surface area contributed by atoms with Crippen molar-refractivity contribution in [2.45, 2.75) is 12.6 Å². The summed E-state index contributed by atoms with van der Waals surface area (Å²) in [5, 5.41) is 0.419. The van der Waals surface area contributed by atoms with Crippen LogP contribution in [0.25, 0.3) is 0 Å². The molecular weight excluding hydrogens is 207 g/mol. The first-order valence-electron chi connectivity index (χ1n) is 3.57. The first kappa shape index (κ1) is 8.72. The summed E-state index contributed by atoms with van der Waals surface area (Å²) in [7, 11) is 0. The molecular formula is C9H10BrF. The third-order valence-electron chi connectivity index (χ3n) is 1.47. The Balaban J connectivity index is 2.51. The maximum absolute atomic E-state index is 12.8. The molecule has 60 valence electrons. The van der Waals surface area contributed by atoms with E-state index < -0.39 is 6.17 Å². The van der Waals surface area contributed by atoms with E-state index in [0.717, 1.165) is 5.56 Å². The lowest BCUT2D eigenvalue weighted by atomic mass is 10.1. The van der Waals surface area contributed by atoms with Gasteiger partial charge in [0, 0.05) is 11.8 Å². The first-order valence-corrected chi connectivity index (χ1v) is 4.69. The molecule has 0 fully saturated rings. The zero-order valence-corrected chi connectivity index (χ0v) is 7.72. The van der Waals surface area contributed by atoms with Crippen LogP contribution in [0.5, 0.6) is 0 Å². The molecule has 0 nitrogen and oxygen atoms in total. The molecule has 1 rings (SSSR count). The average Bonchev–Trinajstić information content (AvgIpc) is 2.06. The highest BCUT2D eigenvalue weighted by molar-refractivity contribution is 9.09. The highest BCUT2D eigenvalue weighted by Crippen LogP contribution is 2.07. The minimum Gasteiger partial charge on any atom is -0.246 e. The van der Waals surface area contributed by atoms with Gasteiger partial charge in [-0.25, -0.2) is 4.39 Å². The molecule has 0 bridgehead atoms. The lowest BCUT2D eigenvalue weighted by molar-refractivity contribution is 0.368. The van der Waals surface area contributed by atoms with E-state index in [1.807, 2.05) is 30.3 Å². The number of alkyl halides is 2. The van der Waals surface area contributed by atoms with Crippen LogP contribution in [0.15, 0.2) is 30.3 Å². The topological polar surface area (TPSA) is 0 Å². The summed E-state index contributed by atoms with van der Waals surface area (Å²) in [6.45, 7) is 0. The van der Waals surface area contributed by atoms with Crippen LogP contribution in [0.3, 0.4) is 0 Å². The summed E-state index contributed by atoms with van der Waals surface area (Å²) in [5.41, 5.74) is 1.06. The summed E-state index contributed by atoms with van der Waals surface area (Å²) < 4.78 is 12.8. The maximum Gasteiger partial charge on any atom is 0.114 e. The standard InChI is InChI=1S/C9H10BrF/c10-7-9(11)6-8-4-2-1-3-5-8/h1-5,9H,6-7H2/t9-/m1/s1. The molecule has 1 atom stereocenters. The Bertz CT molecular complexity index is 198. The third-order valence-corrected chi connectivity index (χ3v) is 2.17. The molecule has 0 unspecified atom stereocenters. The summed E-state index contributed by atoms with van der Waals surface area (Å²) in [6.07, 6.45) is -0.260. The van der Waals surface area contributed by atoms with Gasteiger partial charge < -0.3 is 0 Å². The van der Waals surface area contributed by atoms with Crippen molar-refractivity contribution in [2.75, 3.05) is 5.33 Å². The SMILES string of the molecule is F[C@@H](CBr)Cc1ccccc1. The fourth-order valence-corrected chi connectivity index (χ4v) is 1.15. The van der Waals surface area contributed by atoms with E-state index in [2.05, 4.69) is 15.9 Å². The van der Waals surface area contributed by atoms with Gasteiger partial charge in [-0.15, -0.1) is 0 Å². The molecule has 0 aliphatic carbocycles. The van der Waals surface area contributed by atoms with Crippen molar-refractivity contribution in [3.05, 3.63) is 35.9 Å². The fourth-order valence-electron chi connectivity index (χ4n) is 0.924. The van der Waals surface area contributed by atoms with Crippen LogP contribution in [-0.2, 0) is 6.42 Å². The van der Waals surface area contributed by atoms with Crippen LogP contribution in [0, 0.1) is 0 Å². The monoisotopic (exact) mass is 216 g/mol. The Morgan fingerprint density at radius 3 is 2.45 bits per heavy atom. The zero-order valence-electron chi connectivity index (χ0n) is 6.13. The van der Waals surface area contributed by atoms with Crippen LogP contribution in [0.1, 0.15) is 5.56 Å². The van der Waals surface area contributed by atoms with E-state index in [0.29, 0.717) is 11.8 Å². The van der Waals surface area contributed by atoms with Crippen molar-refractivity contribution >= 4 is 15.9 Å². The van der Waals surface area contributed by atoms with Crippen molar-refractivity contribution in [1.29, 1.82) is 0 Å². The number of halogens is 2. The predicted octanol–water partition coefficient (Wildman–Crippen LogP) is 2.96. The van der Waals surface area contributed by atoms with Gasteiger partial charge in [0.05, 0.1) is 0 Å². The predicted molar refractivity (Wildman–Crippen MR) is 48.8 cm³/mol. The van der Waals surface area contributed by atoms with Gasteiger partial charge in [-0.2, -0.15) is 0 Å². The molecule has 0 N–H and O–H groups in total. The maximum atomic E-state index is 12.8. The Kier molecular flexibility index (Phi) is 3.57. The molecule has 11 heavy (non-hydrogen) atoms. The molecule has 0 spiro atoms. The molecule has 0 saturated heterocycles. The lowest BCUT2D eigenvalue weighted by Crippen LogP contribution is -2.05. The Labute approximate surface area is 74.6 Å². The van der Waals surface area contributed by atoms with E-state index in [1.54, 1.807) is 0 Å².